The van der Waals surface area contributed by atoms with Crippen LogP contribution in [0.5, 0.6) is 0 Å². The first kappa shape index (κ1) is 14.1. The van der Waals surface area contributed by atoms with Gasteiger partial charge in [-0.25, -0.2) is 4.39 Å². The van der Waals surface area contributed by atoms with Crippen LogP contribution in [0.1, 0.15) is 31.4 Å². The summed E-state index contributed by atoms with van der Waals surface area (Å²) >= 11 is 0. The molecule has 0 saturated carbocycles. The molecule has 0 spiro atoms. The van der Waals surface area contributed by atoms with E-state index in [1.54, 1.807) is 6.07 Å². The van der Waals surface area contributed by atoms with Gasteiger partial charge in [0, 0.05) is 12.6 Å². The second kappa shape index (κ2) is 7.41. The molecule has 0 aromatic heterocycles. The van der Waals surface area contributed by atoms with Gasteiger partial charge < -0.3 is 10.6 Å². The maximum Gasteiger partial charge on any atom is 0.123 e. The summed E-state index contributed by atoms with van der Waals surface area (Å²) in [4.78, 5) is 0. The minimum Gasteiger partial charge on any atom is -0.314 e. The van der Waals surface area contributed by atoms with Crippen LogP contribution >= 0.6 is 0 Å². The Morgan fingerprint density at radius 3 is 2.71 bits per heavy atom. The monoisotopic (exact) mass is 238 g/mol. The maximum absolute atomic E-state index is 13.0. The summed E-state index contributed by atoms with van der Waals surface area (Å²) in [7, 11) is 0. The highest BCUT2D eigenvalue weighted by Gasteiger charge is 1.99. The number of hydrogen-bond acceptors (Lipinski definition) is 2. The van der Waals surface area contributed by atoms with Gasteiger partial charge in [0.15, 0.2) is 0 Å². The Labute approximate surface area is 104 Å². The van der Waals surface area contributed by atoms with Crippen molar-refractivity contribution in [1.29, 1.82) is 0 Å². The Hall–Kier alpha value is -0.930. The van der Waals surface area contributed by atoms with Gasteiger partial charge in [0.25, 0.3) is 0 Å². The minimum absolute atomic E-state index is 0.158. The van der Waals surface area contributed by atoms with Gasteiger partial charge in [0.2, 0.25) is 0 Å². The molecule has 3 heteroatoms. The van der Waals surface area contributed by atoms with Crippen molar-refractivity contribution in [2.75, 3.05) is 13.1 Å². The Morgan fingerprint density at radius 1 is 1.24 bits per heavy atom. The summed E-state index contributed by atoms with van der Waals surface area (Å²) in [6.07, 6.45) is 1.09. The molecule has 0 unspecified atom stereocenters. The second-order valence-electron chi connectivity index (χ2n) is 4.71. The van der Waals surface area contributed by atoms with Crippen LogP contribution in [-0.2, 0) is 6.54 Å². The van der Waals surface area contributed by atoms with Crippen LogP contribution in [0.15, 0.2) is 18.2 Å². The number of rotatable bonds is 7. The largest absolute Gasteiger partial charge is 0.314 e. The zero-order valence-electron chi connectivity index (χ0n) is 11.0. The Morgan fingerprint density at radius 2 is 2.00 bits per heavy atom. The average Bonchev–Trinajstić information content (AvgIpc) is 2.27. The molecule has 0 radical (unpaired) electrons. The second-order valence-corrected chi connectivity index (χ2v) is 4.71. The number of aryl methyl sites for hydroxylation is 1. The summed E-state index contributed by atoms with van der Waals surface area (Å²) in [5.41, 5.74) is 2.18. The number of nitrogens with one attached hydrogen (secondary N) is 2. The van der Waals surface area contributed by atoms with Crippen LogP contribution in [0.2, 0.25) is 0 Å². The zero-order valence-corrected chi connectivity index (χ0v) is 11.0. The summed E-state index contributed by atoms with van der Waals surface area (Å²) in [5, 5.41) is 6.70. The topological polar surface area (TPSA) is 24.1 Å². The molecule has 1 rings (SSSR count). The molecular weight excluding hydrogens is 215 g/mol. The van der Waals surface area contributed by atoms with Crippen molar-refractivity contribution in [2.45, 2.75) is 39.8 Å². The van der Waals surface area contributed by atoms with E-state index in [9.17, 15) is 4.39 Å². The van der Waals surface area contributed by atoms with E-state index < -0.39 is 0 Å². The highest BCUT2D eigenvalue weighted by molar-refractivity contribution is 5.26. The highest BCUT2D eigenvalue weighted by atomic mass is 19.1. The molecule has 0 atom stereocenters. The molecule has 0 fully saturated rings. The zero-order chi connectivity index (χ0) is 12.7. The molecule has 0 aliphatic heterocycles. The average molecular weight is 238 g/mol. The van der Waals surface area contributed by atoms with Crippen molar-refractivity contribution in [3.63, 3.8) is 0 Å². The molecule has 0 aliphatic rings. The molecule has 17 heavy (non-hydrogen) atoms. The van der Waals surface area contributed by atoms with E-state index in [-0.39, 0.29) is 5.82 Å². The van der Waals surface area contributed by atoms with Gasteiger partial charge in [-0.3, -0.25) is 0 Å². The first-order chi connectivity index (χ1) is 8.09. The van der Waals surface area contributed by atoms with Crippen molar-refractivity contribution in [1.82, 2.24) is 10.6 Å². The molecule has 2 nitrogen and oxygen atoms in total. The molecule has 1 aromatic carbocycles. The van der Waals surface area contributed by atoms with Crippen molar-refractivity contribution in [3.8, 4) is 0 Å². The predicted octanol–water partition coefficient (Wildman–Crippen LogP) is 2.61. The van der Waals surface area contributed by atoms with Crippen molar-refractivity contribution in [3.05, 3.63) is 35.1 Å². The van der Waals surface area contributed by atoms with Crippen molar-refractivity contribution < 1.29 is 4.39 Å². The molecule has 0 heterocycles. The van der Waals surface area contributed by atoms with Gasteiger partial charge in [-0.15, -0.1) is 0 Å². The van der Waals surface area contributed by atoms with Crippen LogP contribution in [0, 0.1) is 12.7 Å². The lowest BCUT2D eigenvalue weighted by atomic mass is 10.1. The summed E-state index contributed by atoms with van der Waals surface area (Å²) < 4.78 is 13.0. The van der Waals surface area contributed by atoms with E-state index in [4.69, 9.17) is 0 Å². The maximum atomic E-state index is 13.0. The Kier molecular flexibility index (Phi) is 6.16. The lowest BCUT2D eigenvalue weighted by Gasteiger charge is -2.10. The molecule has 2 N–H and O–H groups in total. The van der Waals surface area contributed by atoms with Crippen molar-refractivity contribution >= 4 is 0 Å². The molecule has 0 amide bonds. The molecule has 96 valence electrons. The van der Waals surface area contributed by atoms with Crippen LogP contribution in [0.25, 0.3) is 0 Å². The van der Waals surface area contributed by atoms with E-state index in [0.29, 0.717) is 6.04 Å². The van der Waals surface area contributed by atoms with Gasteiger partial charge in [-0.2, -0.15) is 0 Å². The standard InChI is InChI=1S/C14H23FN2/c1-11(2)17-8-4-7-16-10-13-9-14(15)6-5-12(13)3/h5-6,9,11,16-17H,4,7-8,10H2,1-3H3. The molecule has 0 aliphatic carbocycles. The molecule has 1 aromatic rings. The third-order valence-corrected chi connectivity index (χ3v) is 2.71. The van der Waals surface area contributed by atoms with Crippen LogP contribution in [-0.4, -0.2) is 19.1 Å². The van der Waals surface area contributed by atoms with Gasteiger partial charge in [0.05, 0.1) is 0 Å². The van der Waals surface area contributed by atoms with E-state index >= 15 is 0 Å². The van der Waals surface area contributed by atoms with Crippen LogP contribution < -0.4 is 10.6 Å². The van der Waals surface area contributed by atoms with Crippen molar-refractivity contribution in [2.24, 2.45) is 0 Å². The van der Waals surface area contributed by atoms with Crippen LogP contribution in [0.4, 0.5) is 4.39 Å². The smallest absolute Gasteiger partial charge is 0.123 e. The lowest BCUT2D eigenvalue weighted by molar-refractivity contribution is 0.546. The van der Waals surface area contributed by atoms with Crippen LogP contribution in [0.3, 0.4) is 0 Å². The fraction of sp³-hybridized carbons (Fsp3) is 0.571. The molecular formula is C14H23FN2. The third kappa shape index (κ3) is 5.80. The fourth-order valence-corrected chi connectivity index (χ4v) is 1.66. The number of hydrogen-bond donors (Lipinski definition) is 2. The minimum atomic E-state index is -0.158. The summed E-state index contributed by atoms with van der Waals surface area (Å²) in [6.45, 7) is 9.01. The fourth-order valence-electron chi connectivity index (χ4n) is 1.66. The SMILES string of the molecule is Cc1ccc(F)cc1CNCCCNC(C)C. The normalized spacial score (nSPS) is 11.1. The van der Waals surface area contributed by atoms with E-state index in [1.807, 2.05) is 13.0 Å². The van der Waals surface area contributed by atoms with Gasteiger partial charge in [-0.1, -0.05) is 19.9 Å². The lowest BCUT2D eigenvalue weighted by Crippen LogP contribution is -2.26. The Balaban J connectivity index is 2.20. The third-order valence-electron chi connectivity index (χ3n) is 2.71. The molecule has 0 bridgehead atoms. The van der Waals surface area contributed by atoms with E-state index in [1.165, 1.54) is 6.07 Å². The van der Waals surface area contributed by atoms with Gasteiger partial charge >= 0.3 is 0 Å². The van der Waals surface area contributed by atoms with E-state index in [2.05, 4.69) is 24.5 Å². The summed E-state index contributed by atoms with van der Waals surface area (Å²) in [6, 6.07) is 5.48. The highest BCUT2D eigenvalue weighted by Crippen LogP contribution is 2.09. The van der Waals surface area contributed by atoms with E-state index in [0.717, 1.165) is 37.2 Å². The first-order valence-corrected chi connectivity index (χ1v) is 6.28. The number of benzene rings is 1. The molecule has 0 saturated heterocycles. The Bertz CT molecular complexity index is 337. The quantitative estimate of drug-likeness (QED) is 0.714. The predicted molar refractivity (Wildman–Crippen MR) is 70.6 cm³/mol. The summed E-state index contributed by atoms with van der Waals surface area (Å²) in [5.74, 6) is -0.158. The van der Waals surface area contributed by atoms with Gasteiger partial charge in [-0.05, 0) is 49.7 Å². The first-order valence-electron chi connectivity index (χ1n) is 6.28. The number of halogens is 1. The van der Waals surface area contributed by atoms with Gasteiger partial charge in [0.1, 0.15) is 5.82 Å².